The van der Waals surface area contributed by atoms with Crippen molar-refractivity contribution in [3.63, 3.8) is 0 Å². The first-order chi connectivity index (χ1) is 13.0. The van der Waals surface area contributed by atoms with Gasteiger partial charge in [-0.15, -0.1) is 11.8 Å². The van der Waals surface area contributed by atoms with Gasteiger partial charge in [-0.1, -0.05) is 48.6 Å². The summed E-state index contributed by atoms with van der Waals surface area (Å²) in [4.78, 5) is 13.3. The van der Waals surface area contributed by atoms with Crippen molar-refractivity contribution in [2.45, 2.75) is 24.5 Å². The van der Waals surface area contributed by atoms with Gasteiger partial charge in [0.15, 0.2) is 5.78 Å². The Morgan fingerprint density at radius 2 is 1.85 bits per heavy atom. The molecule has 3 rings (SSSR count). The van der Waals surface area contributed by atoms with Crippen LogP contribution < -0.4 is 4.74 Å². The van der Waals surface area contributed by atoms with Crippen LogP contribution in [-0.2, 0) is 5.75 Å². The van der Waals surface area contributed by atoms with Crippen molar-refractivity contribution < 1.29 is 9.53 Å². The molecule has 3 aromatic rings. The van der Waals surface area contributed by atoms with Crippen molar-refractivity contribution >= 4 is 29.8 Å². The van der Waals surface area contributed by atoms with Crippen LogP contribution in [0.4, 0.5) is 0 Å². The molecule has 0 bridgehead atoms. The number of pyridine rings is 1. The van der Waals surface area contributed by atoms with Crippen LogP contribution in [0, 0.1) is 11.6 Å². The Hall–Kier alpha value is -2.37. The summed E-state index contributed by atoms with van der Waals surface area (Å²) >= 11 is 7.37. The van der Waals surface area contributed by atoms with Gasteiger partial charge >= 0.3 is 0 Å². The Bertz CT molecular complexity index is 1030. The SMILES string of the molecule is COc1cccc(-n2c(C)cc(SCc3ccccc3)c(C(C)=O)c2=S)c1. The average Bonchev–Trinajstić information content (AvgIpc) is 2.66. The zero-order valence-corrected chi connectivity index (χ0v) is 17.2. The predicted molar refractivity (Wildman–Crippen MR) is 114 cm³/mol. The number of carbonyl (C=O) groups is 1. The first-order valence-electron chi connectivity index (χ1n) is 8.60. The summed E-state index contributed by atoms with van der Waals surface area (Å²) in [6.45, 7) is 3.58. The van der Waals surface area contributed by atoms with Gasteiger partial charge in [-0.3, -0.25) is 4.79 Å². The van der Waals surface area contributed by atoms with E-state index in [9.17, 15) is 4.79 Å². The van der Waals surface area contributed by atoms with Crippen molar-refractivity contribution in [3.05, 3.63) is 82.1 Å². The molecule has 1 heterocycles. The molecule has 0 aliphatic carbocycles. The molecule has 0 fully saturated rings. The molecule has 0 amide bonds. The van der Waals surface area contributed by atoms with Crippen LogP contribution in [0.25, 0.3) is 5.69 Å². The van der Waals surface area contributed by atoms with Crippen LogP contribution in [0.2, 0.25) is 0 Å². The maximum absolute atomic E-state index is 12.4. The standard InChI is InChI=1S/C22H21NO2S2/c1-15-12-20(27-14-17-8-5-4-6-9-17)21(16(2)24)22(26)23(15)18-10-7-11-19(13-18)25-3/h4-13H,14H2,1-3H3. The fourth-order valence-electron chi connectivity index (χ4n) is 2.95. The fourth-order valence-corrected chi connectivity index (χ4v) is 4.67. The van der Waals surface area contributed by atoms with E-state index in [4.69, 9.17) is 17.0 Å². The van der Waals surface area contributed by atoms with Crippen molar-refractivity contribution in [1.29, 1.82) is 0 Å². The molecule has 0 spiro atoms. The Kier molecular flexibility index (Phi) is 6.14. The molecule has 0 unspecified atom stereocenters. The number of carbonyl (C=O) groups excluding carboxylic acids is 1. The molecule has 0 aliphatic heterocycles. The molecule has 0 saturated heterocycles. The minimum atomic E-state index is -0.0211. The molecular formula is C22H21NO2S2. The van der Waals surface area contributed by atoms with Crippen molar-refractivity contribution in [2.24, 2.45) is 0 Å². The highest BCUT2D eigenvalue weighted by Gasteiger charge is 2.16. The third kappa shape index (κ3) is 4.31. The van der Waals surface area contributed by atoms with Crippen LogP contribution in [0.3, 0.4) is 0 Å². The number of benzene rings is 2. The van der Waals surface area contributed by atoms with E-state index in [2.05, 4.69) is 12.1 Å². The molecule has 27 heavy (non-hydrogen) atoms. The van der Waals surface area contributed by atoms with Gasteiger partial charge in [-0.2, -0.15) is 0 Å². The molecule has 0 aliphatic rings. The lowest BCUT2D eigenvalue weighted by Gasteiger charge is -2.17. The van der Waals surface area contributed by atoms with Gasteiger partial charge in [-0.05, 0) is 37.6 Å². The first-order valence-corrected chi connectivity index (χ1v) is 9.99. The zero-order valence-electron chi connectivity index (χ0n) is 15.6. The Balaban J connectivity index is 2.06. The number of rotatable bonds is 6. The van der Waals surface area contributed by atoms with E-state index < -0.39 is 0 Å². The number of nitrogens with zero attached hydrogens (tertiary/aromatic N) is 1. The fraction of sp³-hybridized carbons (Fsp3) is 0.182. The lowest BCUT2D eigenvalue weighted by molar-refractivity contribution is 0.101. The summed E-state index contributed by atoms with van der Waals surface area (Å²) in [5, 5.41) is 0. The van der Waals surface area contributed by atoms with Gasteiger partial charge in [0, 0.05) is 22.4 Å². The van der Waals surface area contributed by atoms with Crippen LogP contribution in [0.15, 0.2) is 65.6 Å². The van der Waals surface area contributed by atoms with E-state index in [0.29, 0.717) is 10.2 Å². The van der Waals surface area contributed by atoms with Gasteiger partial charge in [-0.25, -0.2) is 0 Å². The number of ketones is 1. The van der Waals surface area contributed by atoms with E-state index in [1.165, 1.54) is 5.56 Å². The summed E-state index contributed by atoms with van der Waals surface area (Å²) in [7, 11) is 1.63. The molecule has 0 radical (unpaired) electrons. The minimum Gasteiger partial charge on any atom is -0.497 e. The smallest absolute Gasteiger partial charge is 0.163 e. The third-order valence-corrected chi connectivity index (χ3v) is 5.75. The molecule has 2 aromatic carbocycles. The van der Waals surface area contributed by atoms with Gasteiger partial charge < -0.3 is 9.30 Å². The third-order valence-electron chi connectivity index (χ3n) is 4.26. The van der Waals surface area contributed by atoms with Crippen LogP contribution in [-0.4, -0.2) is 17.5 Å². The summed E-state index contributed by atoms with van der Waals surface area (Å²) in [6, 6.07) is 19.9. The molecule has 0 atom stereocenters. The summed E-state index contributed by atoms with van der Waals surface area (Å²) in [5.41, 5.74) is 3.68. The molecule has 5 heteroatoms. The number of Topliss-reactive ketones (excluding diaryl/α,β-unsaturated/α-hetero) is 1. The van der Waals surface area contributed by atoms with Gasteiger partial charge in [0.25, 0.3) is 0 Å². The van der Waals surface area contributed by atoms with Crippen LogP contribution in [0.1, 0.15) is 28.5 Å². The van der Waals surface area contributed by atoms with Crippen molar-refractivity contribution in [3.8, 4) is 11.4 Å². The second-order valence-corrected chi connectivity index (χ2v) is 7.60. The van der Waals surface area contributed by atoms with E-state index in [0.717, 1.165) is 27.8 Å². The molecule has 0 saturated carbocycles. The molecule has 0 N–H and O–H groups in total. The second kappa shape index (κ2) is 8.55. The largest absolute Gasteiger partial charge is 0.497 e. The number of aromatic nitrogens is 1. The molecule has 1 aromatic heterocycles. The van der Waals surface area contributed by atoms with Crippen molar-refractivity contribution in [2.75, 3.05) is 7.11 Å². The maximum atomic E-state index is 12.4. The zero-order chi connectivity index (χ0) is 19.4. The minimum absolute atomic E-state index is 0.0211. The summed E-state index contributed by atoms with van der Waals surface area (Å²) in [5.74, 6) is 1.52. The highest BCUT2D eigenvalue weighted by atomic mass is 32.2. The Morgan fingerprint density at radius 1 is 1.11 bits per heavy atom. The van der Waals surface area contributed by atoms with Gasteiger partial charge in [0.05, 0.1) is 18.4 Å². The van der Waals surface area contributed by atoms with Gasteiger partial charge in [0.2, 0.25) is 0 Å². The lowest BCUT2D eigenvalue weighted by Crippen LogP contribution is -2.09. The highest BCUT2D eigenvalue weighted by Crippen LogP contribution is 2.31. The Labute approximate surface area is 169 Å². The normalized spacial score (nSPS) is 10.6. The van der Waals surface area contributed by atoms with E-state index in [1.807, 2.05) is 60.0 Å². The van der Waals surface area contributed by atoms with Crippen LogP contribution in [0.5, 0.6) is 5.75 Å². The van der Waals surface area contributed by atoms with E-state index >= 15 is 0 Å². The van der Waals surface area contributed by atoms with Crippen molar-refractivity contribution in [1.82, 2.24) is 4.57 Å². The number of hydrogen-bond donors (Lipinski definition) is 0. The number of thioether (sulfide) groups is 1. The summed E-state index contributed by atoms with van der Waals surface area (Å²) in [6.07, 6.45) is 0. The first kappa shape index (κ1) is 19.4. The number of methoxy groups -OCH3 is 1. The lowest BCUT2D eigenvalue weighted by atomic mass is 10.1. The molecule has 3 nitrogen and oxygen atoms in total. The average molecular weight is 396 g/mol. The monoisotopic (exact) mass is 395 g/mol. The van der Waals surface area contributed by atoms with E-state index in [1.54, 1.807) is 25.8 Å². The summed E-state index contributed by atoms with van der Waals surface area (Å²) < 4.78 is 7.79. The topological polar surface area (TPSA) is 31.2 Å². The quantitative estimate of drug-likeness (QED) is 0.290. The van der Waals surface area contributed by atoms with E-state index in [-0.39, 0.29) is 5.78 Å². The molecule has 138 valence electrons. The Morgan fingerprint density at radius 3 is 2.52 bits per heavy atom. The van der Waals surface area contributed by atoms with Crippen LogP contribution >= 0.6 is 24.0 Å². The highest BCUT2D eigenvalue weighted by molar-refractivity contribution is 7.98. The number of hydrogen-bond acceptors (Lipinski definition) is 4. The predicted octanol–water partition coefficient (Wildman–Crippen LogP) is 6.02. The number of ether oxygens (including phenoxy) is 1. The molecular weight excluding hydrogens is 374 g/mol. The number of aryl methyl sites for hydroxylation is 1. The second-order valence-electron chi connectivity index (χ2n) is 6.20. The van der Waals surface area contributed by atoms with Gasteiger partial charge in [0.1, 0.15) is 10.4 Å². The maximum Gasteiger partial charge on any atom is 0.163 e.